The minimum Gasteiger partial charge on any atom is -0.425 e. The van der Waals surface area contributed by atoms with Crippen LogP contribution in [0.4, 0.5) is 0 Å². The van der Waals surface area contributed by atoms with Crippen LogP contribution in [0.1, 0.15) is 12.5 Å². The number of hydrogen-bond donors (Lipinski definition) is 0. The van der Waals surface area contributed by atoms with Crippen LogP contribution in [-0.4, -0.2) is 12.0 Å². The molecular weight excluding hydrogens is 212 g/mol. The summed E-state index contributed by atoms with van der Waals surface area (Å²) in [6.45, 7) is 6.15. The lowest BCUT2D eigenvalue weighted by atomic mass is 10.2. The van der Waals surface area contributed by atoms with Crippen LogP contribution in [0.5, 0.6) is 5.75 Å². The zero-order valence-electron chi connectivity index (χ0n) is 8.45. The molecule has 0 N–H and O–H groups in total. The smallest absolute Gasteiger partial charge is 0.145 e. The zero-order valence-corrected chi connectivity index (χ0v) is 10.1. The first-order valence-electron chi connectivity index (χ1n) is 4.41. The zero-order chi connectivity index (χ0) is 10.4. The van der Waals surface area contributed by atoms with Gasteiger partial charge < -0.3 is 4.18 Å². The van der Waals surface area contributed by atoms with E-state index < -0.39 is 0 Å². The highest BCUT2D eigenvalue weighted by Crippen LogP contribution is 2.33. The lowest BCUT2D eigenvalue weighted by molar-refractivity contribution is 0.648. The molecule has 0 bridgehead atoms. The van der Waals surface area contributed by atoms with E-state index in [9.17, 15) is 0 Å². The summed E-state index contributed by atoms with van der Waals surface area (Å²) in [5.74, 6) is 1.93. The normalized spacial score (nSPS) is 9.86. The van der Waals surface area contributed by atoms with Crippen LogP contribution in [-0.2, 0) is 0 Å². The fraction of sp³-hybridized carbons (Fsp3) is 0.273. The number of hydrogen-bond acceptors (Lipinski definition) is 3. The third-order valence-corrected chi connectivity index (χ3v) is 2.88. The van der Waals surface area contributed by atoms with E-state index in [0.717, 1.165) is 22.0 Å². The molecule has 0 radical (unpaired) electrons. The largest absolute Gasteiger partial charge is 0.425 e. The van der Waals surface area contributed by atoms with Crippen molar-refractivity contribution < 1.29 is 4.18 Å². The Morgan fingerprint density at radius 2 is 2.14 bits per heavy atom. The van der Waals surface area contributed by atoms with E-state index in [-0.39, 0.29) is 0 Å². The molecule has 0 aliphatic heterocycles. The van der Waals surface area contributed by atoms with Crippen LogP contribution in [0.25, 0.3) is 4.91 Å². The van der Waals surface area contributed by atoms with Gasteiger partial charge in [-0.3, -0.25) is 0 Å². The Balaban J connectivity index is 2.88. The maximum absolute atomic E-state index is 5.45. The standard InChI is InChI=1S/C11H14OS2/c1-4-14-9(2)10-7-5-6-8-11(10)12-13-3/h5-8H,2,4H2,1,3H3. The Morgan fingerprint density at radius 1 is 1.43 bits per heavy atom. The summed E-state index contributed by atoms with van der Waals surface area (Å²) < 4.78 is 5.45. The molecular formula is C11H14OS2. The fourth-order valence-corrected chi connectivity index (χ4v) is 2.11. The van der Waals surface area contributed by atoms with E-state index in [0.29, 0.717) is 0 Å². The molecule has 0 heterocycles. The lowest BCUT2D eigenvalue weighted by Crippen LogP contribution is -1.86. The van der Waals surface area contributed by atoms with E-state index in [4.69, 9.17) is 4.18 Å². The molecule has 0 saturated carbocycles. The van der Waals surface area contributed by atoms with Crippen LogP contribution >= 0.6 is 23.8 Å². The maximum Gasteiger partial charge on any atom is 0.145 e. The van der Waals surface area contributed by atoms with E-state index >= 15 is 0 Å². The molecule has 0 saturated heterocycles. The minimum absolute atomic E-state index is 0.894. The van der Waals surface area contributed by atoms with Gasteiger partial charge in [0.1, 0.15) is 5.75 Å². The number of para-hydroxylation sites is 1. The third kappa shape index (κ3) is 3.00. The van der Waals surface area contributed by atoms with Crippen molar-refractivity contribution in [2.75, 3.05) is 12.0 Å². The molecule has 14 heavy (non-hydrogen) atoms. The summed E-state index contributed by atoms with van der Waals surface area (Å²) in [6, 6.07) is 7.98. The molecule has 0 fully saturated rings. The highest BCUT2D eigenvalue weighted by atomic mass is 32.2. The number of benzene rings is 1. The second-order valence-electron chi connectivity index (χ2n) is 2.60. The van der Waals surface area contributed by atoms with Gasteiger partial charge in [0.2, 0.25) is 0 Å². The first kappa shape index (κ1) is 11.5. The molecule has 1 rings (SSSR count). The van der Waals surface area contributed by atoms with Crippen molar-refractivity contribution >= 4 is 28.7 Å². The van der Waals surface area contributed by atoms with Crippen molar-refractivity contribution in [3.05, 3.63) is 36.4 Å². The van der Waals surface area contributed by atoms with Gasteiger partial charge in [0.05, 0.1) is 12.0 Å². The second-order valence-corrected chi connectivity index (χ2v) is 4.46. The van der Waals surface area contributed by atoms with Gasteiger partial charge in [-0.2, -0.15) is 0 Å². The first-order valence-corrected chi connectivity index (χ1v) is 6.55. The average molecular weight is 226 g/mol. The lowest BCUT2D eigenvalue weighted by Gasteiger charge is -2.09. The molecule has 1 nitrogen and oxygen atoms in total. The van der Waals surface area contributed by atoms with Crippen molar-refractivity contribution in [2.24, 2.45) is 0 Å². The first-order chi connectivity index (χ1) is 6.79. The Labute approximate surface area is 94.1 Å². The van der Waals surface area contributed by atoms with E-state index in [1.54, 1.807) is 11.8 Å². The molecule has 76 valence electrons. The van der Waals surface area contributed by atoms with Crippen LogP contribution in [0.3, 0.4) is 0 Å². The Hall–Kier alpha value is -0.540. The summed E-state index contributed by atoms with van der Waals surface area (Å²) in [4.78, 5) is 1.07. The molecule has 3 heteroatoms. The molecule has 0 aliphatic carbocycles. The molecule has 0 unspecified atom stereocenters. The maximum atomic E-state index is 5.45. The Bertz CT molecular complexity index is 310. The summed E-state index contributed by atoms with van der Waals surface area (Å²) >= 11 is 3.09. The van der Waals surface area contributed by atoms with Crippen molar-refractivity contribution in [3.8, 4) is 5.75 Å². The van der Waals surface area contributed by atoms with Crippen LogP contribution in [0.2, 0.25) is 0 Å². The number of thioether (sulfide) groups is 1. The highest BCUT2D eigenvalue weighted by molar-refractivity contribution is 8.08. The van der Waals surface area contributed by atoms with Gasteiger partial charge in [-0.05, 0) is 11.8 Å². The Kier molecular flexibility index (Phi) is 4.98. The van der Waals surface area contributed by atoms with Crippen LogP contribution in [0, 0.1) is 0 Å². The van der Waals surface area contributed by atoms with Gasteiger partial charge in [-0.1, -0.05) is 31.7 Å². The molecule has 0 aliphatic rings. The third-order valence-electron chi connectivity index (χ3n) is 1.68. The van der Waals surface area contributed by atoms with Crippen molar-refractivity contribution in [2.45, 2.75) is 6.92 Å². The molecule has 1 aromatic rings. The predicted octanol–water partition coefficient (Wildman–Crippen LogP) is 4.07. The van der Waals surface area contributed by atoms with E-state index in [1.165, 1.54) is 12.0 Å². The summed E-state index contributed by atoms with van der Waals surface area (Å²) in [6.07, 6.45) is 1.91. The van der Waals surface area contributed by atoms with Crippen molar-refractivity contribution in [1.82, 2.24) is 0 Å². The molecule has 0 aromatic heterocycles. The summed E-state index contributed by atoms with van der Waals surface area (Å²) in [5.41, 5.74) is 1.09. The van der Waals surface area contributed by atoms with E-state index in [2.05, 4.69) is 13.5 Å². The van der Waals surface area contributed by atoms with Crippen LogP contribution in [0.15, 0.2) is 30.8 Å². The van der Waals surface area contributed by atoms with Gasteiger partial charge in [-0.15, -0.1) is 11.8 Å². The average Bonchev–Trinajstić information content (AvgIpc) is 2.19. The fourth-order valence-electron chi connectivity index (χ4n) is 1.11. The van der Waals surface area contributed by atoms with Crippen molar-refractivity contribution in [1.29, 1.82) is 0 Å². The van der Waals surface area contributed by atoms with Crippen LogP contribution < -0.4 is 4.18 Å². The van der Waals surface area contributed by atoms with Gasteiger partial charge in [0, 0.05) is 16.7 Å². The van der Waals surface area contributed by atoms with Gasteiger partial charge >= 0.3 is 0 Å². The molecule has 0 spiro atoms. The monoisotopic (exact) mass is 226 g/mol. The highest BCUT2D eigenvalue weighted by Gasteiger charge is 2.05. The second kappa shape index (κ2) is 6.04. The quantitative estimate of drug-likeness (QED) is 0.700. The topological polar surface area (TPSA) is 9.23 Å². The molecule has 1 aromatic carbocycles. The minimum atomic E-state index is 0.894. The SMILES string of the molecule is C=C(SCC)c1ccccc1OSC. The van der Waals surface area contributed by atoms with Crippen molar-refractivity contribution in [3.63, 3.8) is 0 Å². The predicted molar refractivity (Wildman–Crippen MR) is 67.8 cm³/mol. The van der Waals surface area contributed by atoms with Gasteiger partial charge in [-0.25, -0.2) is 0 Å². The summed E-state index contributed by atoms with van der Waals surface area (Å²) in [7, 11) is 0. The molecule has 0 atom stereocenters. The van der Waals surface area contributed by atoms with Gasteiger partial charge in [0.15, 0.2) is 0 Å². The number of rotatable bonds is 5. The molecule has 0 amide bonds. The summed E-state index contributed by atoms with van der Waals surface area (Å²) in [5, 5.41) is 0. The van der Waals surface area contributed by atoms with E-state index in [1.807, 2.05) is 30.5 Å². The Morgan fingerprint density at radius 3 is 2.79 bits per heavy atom. The van der Waals surface area contributed by atoms with Gasteiger partial charge in [0.25, 0.3) is 0 Å².